The molecule has 1 amide bonds. The van der Waals surface area contributed by atoms with Gasteiger partial charge >= 0.3 is 0 Å². The van der Waals surface area contributed by atoms with Crippen LogP contribution >= 0.6 is 0 Å². The molecular weight excluding hydrogens is 484 g/mol. The van der Waals surface area contributed by atoms with E-state index in [9.17, 15) is 18.0 Å². The number of aromatic amines is 1. The van der Waals surface area contributed by atoms with Gasteiger partial charge in [-0.1, -0.05) is 6.92 Å². The number of nitrogens with one attached hydrogen (secondary N) is 2. The minimum Gasteiger partial charge on any atom is -0.493 e. The number of fused-ring (bicyclic) bond motifs is 1. The lowest BCUT2D eigenvalue weighted by atomic mass is 10.2. The lowest BCUT2D eigenvalue weighted by molar-refractivity contribution is -0.127. The highest BCUT2D eigenvalue weighted by Gasteiger charge is 2.22. The normalized spacial score (nSPS) is 14.2. The summed E-state index contributed by atoms with van der Waals surface area (Å²) in [5.41, 5.74) is 0.940. The van der Waals surface area contributed by atoms with Gasteiger partial charge in [-0.15, -0.1) is 5.10 Å². The second kappa shape index (κ2) is 10.8. The summed E-state index contributed by atoms with van der Waals surface area (Å²) in [5, 5.41) is 4.60. The van der Waals surface area contributed by atoms with Crippen LogP contribution in [0.1, 0.15) is 51.0 Å². The molecule has 0 unspecified atom stereocenters. The van der Waals surface area contributed by atoms with Gasteiger partial charge < -0.3 is 14.6 Å². The number of carbonyl (C=O) groups is 1. The van der Waals surface area contributed by atoms with Crippen LogP contribution in [0.15, 0.2) is 27.9 Å². The molecule has 11 nitrogen and oxygen atoms in total. The number of aryl methyl sites for hydroxylation is 2. The first-order valence-corrected chi connectivity index (χ1v) is 13.8. The molecule has 1 saturated heterocycles. The lowest BCUT2D eigenvalue weighted by Gasteiger charge is -2.16. The minimum absolute atomic E-state index is 0.0246. The van der Waals surface area contributed by atoms with E-state index in [1.165, 1.54) is 16.6 Å². The van der Waals surface area contributed by atoms with Crippen molar-refractivity contribution < 1.29 is 17.9 Å². The van der Waals surface area contributed by atoms with Crippen molar-refractivity contribution in [3.63, 3.8) is 0 Å². The Morgan fingerprint density at radius 3 is 2.72 bits per heavy atom. The molecule has 0 atom stereocenters. The summed E-state index contributed by atoms with van der Waals surface area (Å²) in [4.78, 5) is 33.7. The Bertz CT molecular complexity index is 1430. The number of ether oxygens (including phenoxy) is 1. The number of sulfonamides is 1. The first-order valence-electron chi connectivity index (χ1n) is 12.3. The van der Waals surface area contributed by atoms with Crippen molar-refractivity contribution >= 4 is 21.4 Å². The number of nitrogens with zero attached hydrogens (tertiary/aromatic N) is 4. The van der Waals surface area contributed by atoms with E-state index in [4.69, 9.17) is 4.74 Å². The molecule has 1 aliphatic rings. The Balaban J connectivity index is 1.64. The summed E-state index contributed by atoms with van der Waals surface area (Å²) in [7, 11) is -3.84. The van der Waals surface area contributed by atoms with Crippen molar-refractivity contribution in [1.29, 1.82) is 0 Å². The molecule has 1 fully saturated rings. The van der Waals surface area contributed by atoms with E-state index >= 15 is 0 Å². The standard InChI is InChI=1S/C24H32N6O5S/c1-4-8-20-26-16(3)22-24(32)27-23(28-30(20)22)18-15-17(10-11-19(18)35-5-2)36(33,34)25-12-7-14-29-13-6-9-21(29)31/h10-11,15,25H,4-9,12-14H2,1-3H3,(H,27,28,32). The molecule has 0 saturated carbocycles. The fraction of sp³-hybridized carbons (Fsp3) is 0.500. The molecule has 0 spiro atoms. The first-order chi connectivity index (χ1) is 17.2. The summed E-state index contributed by atoms with van der Waals surface area (Å²) < 4.78 is 35.9. The van der Waals surface area contributed by atoms with Crippen LogP contribution < -0.4 is 15.0 Å². The number of hydrogen-bond acceptors (Lipinski definition) is 7. The fourth-order valence-corrected chi connectivity index (χ4v) is 5.49. The Labute approximate surface area is 209 Å². The number of hydrogen-bond donors (Lipinski definition) is 2. The number of H-pyrrole nitrogens is 1. The van der Waals surface area contributed by atoms with Crippen molar-refractivity contribution in [3.05, 3.63) is 40.1 Å². The molecule has 194 valence electrons. The number of likely N-dealkylation sites (tertiary alicyclic amines) is 1. The highest BCUT2D eigenvalue weighted by atomic mass is 32.2. The van der Waals surface area contributed by atoms with Gasteiger partial charge in [0.05, 0.1) is 22.8 Å². The maximum atomic E-state index is 13.0. The Kier molecular flexibility index (Phi) is 7.74. The van der Waals surface area contributed by atoms with E-state index in [-0.39, 0.29) is 28.7 Å². The molecule has 2 aromatic heterocycles. The van der Waals surface area contributed by atoms with Crippen LogP contribution in [0.3, 0.4) is 0 Å². The molecule has 3 aromatic rings. The average Bonchev–Trinajstić information content (AvgIpc) is 3.39. The SMILES string of the molecule is CCCc1nc(C)c2c(=O)[nH]c(-c3cc(S(=O)(=O)NCCCN4CCCC4=O)ccc3OCC)nn12. The number of imidazole rings is 1. The van der Waals surface area contributed by atoms with Crippen molar-refractivity contribution in [3.8, 4) is 17.1 Å². The van der Waals surface area contributed by atoms with Crippen molar-refractivity contribution in [1.82, 2.24) is 29.2 Å². The average molecular weight is 517 g/mol. The molecular formula is C24H32N6O5S. The number of rotatable bonds is 11. The van der Waals surface area contributed by atoms with Crippen molar-refractivity contribution in [2.24, 2.45) is 0 Å². The van der Waals surface area contributed by atoms with Crippen molar-refractivity contribution in [2.45, 2.75) is 57.8 Å². The largest absolute Gasteiger partial charge is 0.493 e. The van der Waals surface area contributed by atoms with Crippen LogP contribution in [0.4, 0.5) is 0 Å². The highest BCUT2D eigenvalue weighted by molar-refractivity contribution is 7.89. The zero-order chi connectivity index (χ0) is 25.9. The maximum Gasteiger partial charge on any atom is 0.277 e. The number of benzene rings is 1. The molecule has 0 bridgehead atoms. The summed E-state index contributed by atoms with van der Waals surface area (Å²) in [6, 6.07) is 4.47. The van der Waals surface area contributed by atoms with Crippen LogP contribution in [0.5, 0.6) is 5.75 Å². The molecule has 3 heterocycles. The van der Waals surface area contributed by atoms with Crippen LogP contribution in [0, 0.1) is 6.92 Å². The van der Waals surface area contributed by atoms with Gasteiger partial charge in [0.1, 0.15) is 11.6 Å². The number of carbonyl (C=O) groups excluding carboxylic acids is 1. The Morgan fingerprint density at radius 2 is 2.03 bits per heavy atom. The summed E-state index contributed by atoms with van der Waals surface area (Å²) in [6.07, 6.45) is 3.39. The number of amides is 1. The van der Waals surface area contributed by atoms with Gasteiger partial charge in [0.2, 0.25) is 15.9 Å². The Morgan fingerprint density at radius 1 is 1.22 bits per heavy atom. The smallest absolute Gasteiger partial charge is 0.277 e. The monoisotopic (exact) mass is 516 g/mol. The predicted molar refractivity (Wildman–Crippen MR) is 135 cm³/mol. The van der Waals surface area contributed by atoms with E-state index in [0.29, 0.717) is 60.8 Å². The van der Waals surface area contributed by atoms with Crippen LogP contribution in [-0.4, -0.2) is 65.0 Å². The van der Waals surface area contributed by atoms with Crippen LogP contribution in [0.25, 0.3) is 16.9 Å². The summed E-state index contributed by atoms with van der Waals surface area (Å²) in [5.74, 6) is 1.37. The maximum absolute atomic E-state index is 13.0. The van der Waals surface area contributed by atoms with Crippen LogP contribution in [0.2, 0.25) is 0 Å². The molecule has 4 rings (SSSR count). The third-order valence-electron chi connectivity index (χ3n) is 6.10. The van der Waals surface area contributed by atoms with E-state index < -0.39 is 10.0 Å². The van der Waals surface area contributed by atoms with E-state index in [1.807, 2.05) is 13.8 Å². The predicted octanol–water partition coefficient (Wildman–Crippen LogP) is 2.04. The van der Waals surface area contributed by atoms with Gasteiger partial charge in [-0.3, -0.25) is 9.59 Å². The summed E-state index contributed by atoms with van der Waals surface area (Å²) >= 11 is 0. The number of aromatic nitrogens is 4. The van der Waals surface area contributed by atoms with Gasteiger partial charge in [0.25, 0.3) is 5.56 Å². The minimum atomic E-state index is -3.84. The third kappa shape index (κ3) is 5.29. The second-order valence-electron chi connectivity index (χ2n) is 8.75. The van der Waals surface area contributed by atoms with E-state index in [0.717, 1.165) is 19.4 Å². The molecule has 1 aliphatic heterocycles. The van der Waals surface area contributed by atoms with Crippen molar-refractivity contribution in [2.75, 3.05) is 26.2 Å². The topological polar surface area (TPSA) is 139 Å². The van der Waals surface area contributed by atoms with Gasteiger partial charge in [-0.05, 0) is 51.3 Å². The molecule has 36 heavy (non-hydrogen) atoms. The first kappa shape index (κ1) is 25.8. The molecule has 0 aliphatic carbocycles. The summed E-state index contributed by atoms with van der Waals surface area (Å²) in [6.45, 7) is 7.39. The molecule has 2 N–H and O–H groups in total. The Hall–Kier alpha value is -3.25. The van der Waals surface area contributed by atoms with Gasteiger partial charge in [0.15, 0.2) is 11.3 Å². The third-order valence-corrected chi connectivity index (χ3v) is 7.56. The molecule has 1 aromatic carbocycles. The quantitative estimate of drug-likeness (QED) is 0.372. The van der Waals surface area contributed by atoms with Gasteiger partial charge in [0, 0.05) is 32.5 Å². The second-order valence-corrected chi connectivity index (χ2v) is 10.5. The van der Waals surface area contributed by atoms with Gasteiger partial charge in [-0.25, -0.2) is 22.6 Å². The highest BCUT2D eigenvalue weighted by Crippen LogP contribution is 2.30. The zero-order valence-corrected chi connectivity index (χ0v) is 21.7. The van der Waals surface area contributed by atoms with E-state index in [1.54, 1.807) is 17.9 Å². The van der Waals surface area contributed by atoms with E-state index in [2.05, 4.69) is 19.8 Å². The van der Waals surface area contributed by atoms with Gasteiger partial charge in [-0.2, -0.15) is 0 Å². The fourth-order valence-electron chi connectivity index (χ4n) is 4.39. The lowest BCUT2D eigenvalue weighted by Crippen LogP contribution is -2.30. The molecule has 0 radical (unpaired) electrons. The molecule has 12 heteroatoms. The van der Waals surface area contributed by atoms with Crippen LogP contribution in [-0.2, 0) is 21.2 Å². The zero-order valence-electron chi connectivity index (χ0n) is 20.8.